The minimum atomic E-state index is -5.31. The summed E-state index contributed by atoms with van der Waals surface area (Å²) >= 11 is 1.59. The monoisotopic (exact) mass is 624 g/mol. The van der Waals surface area contributed by atoms with E-state index in [0.717, 1.165) is 21.6 Å². The highest BCUT2D eigenvalue weighted by molar-refractivity contribution is 7.98. The fraction of sp³-hybridized carbons (Fsp3) is 0.706. The van der Waals surface area contributed by atoms with Gasteiger partial charge in [-0.15, -0.1) is 11.8 Å². The number of halogens is 4. The summed E-state index contributed by atoms with van der Waals surface area (Å²) < 4.78 is 72.0. The van der Waals surface area contributed by atoms with Crippen molar-refractivity contribution in [3.05, 3.63) is 53.6 Å². The van der Waals surface area contributed by atoms with Crippen LogP contribution in [0, 0.1) is 22.7 Å². The van der Waals surface area contributed by atoms with E-state index in [9.17, 15) is 23.4 Å². The molecule has 5 aliphatic rings. The zero-order valence-electron chi connectivity index (χ0n) is 25.5. The highest BCUT2D eigenvalue weighted by Gasteiger charge is 2.77. The van der Waals surface area contributed by atoms with E-state index in [1.807, 2.05) is 30.5 Å². The van der Waals surface area contributed by atoms with Gasteiger partial charge < -0.3 is 19.7 Å². The molecule has 1 heterocycles. The minimum Gasteiger partial charge on any atom is -0.385 e. The molecule has 1 aromatic rings. The van der Waals surface area contributed by atoms with Crippen LogP contribution < -0.4 is 0 Å². The third kappa shape index (κ3) is 4.53. The molecule has 9 heteroatoms. The number of hydrogen-bond acceptors (Lipinski definition) is 5. The topological polar surface area (TPSA) is 58.9 Å². The second-order valence-corrected chi connectivity index (χ2v) is 15.7. The van der Waals surface area contributed by atoms with Gasteiger partial charge in [-0.05, 0) is 86.0 Å². The van der Waals surface area contributed by atoms with Crippen molar-refractivity contribution in [2.75, 3.05) is 19.5 Å². The molecule has 238 valence electrons. The van der Waals surface area contributed by atoms with Crippen LogP contribution in [-0.2, 0) is 9.47 Å². The normalized spacial score (nSPS) is 39.9. The number of thioether (sulfide) groups is 1. The van der Waals surface area contributed by atoms with E-state index in [4.69, 9.17) is 9.47 Å². The lowest BCUT2D eigenvalue weighted by atomic mass is 9.48. The van der Waals surface area contributed by atoms with Crippen molar-refractivity contribution in [3.63, 3.8) is 0 Å². The molecule has 43 heavy (non-hydrogen) atoms. The number of benzene rings is 1. The van der Waals surface area contributed by atoms with Gasteiger partial charge in [-0.3, -0.25) is 0 Å². The van der Waals surface area contributed by atoms with Crippen molar-refractivity contribution in [1.29, 1.82) is 0 Å². The largest absolute Gasteiger partial charge is 0.429 e. The van der Waals surface area contributed by atoms with Gasteiger partial charge in [0, 0.05) is 34.5 Å². The summed E-state index contributed by atoms with van der Waals surface area (Å²) in [7, 11) is 0. The minimum absolute atomic E-state index is 0.112. The van der Waals surface area contributed by atoms with Crippen LogP contribution in [-0.4, -0.2) is 58.5 Å². The standard InChI is InChI=1S/C34H44F4O4S/c1-6-32(35,34(36,37)38)33(40)16-13-25-23-11-14-30(39)18-31(41-19-28(2,3)20-42-31)15-12-26(30)27(23)24(17-29(25,33)4)21-7-9-22(43-5)10-8-21/h6-10,23-25,39-40H,1,11-20H2,2-5H3/t23?,24-,25?,29+,30-,32?,33+/m1/s1. The van der Waals surface area contributed by atoms with E-state index >= 15 is 4.39 Å². The summed E-state index contributed by atoms with van der Waals surface area (Å²) in [4.78, 5) is 1.05. The Bertz CT molecular complexity index is 1300. The third-order valence-corrected chi connectivity index (χ3v) is 12.6. The molecule has 3 unspecified atom stereocenters. The summed E-state index contributed by atoms with van der Waals surface area (Å²) in [5.74, 6) is -1.80. The average molecular weight is 625 g/mol. The zero-order valence-corrected chi connectivity index (χ0v) is 26.3. The number of rotatable bonds is 4. The fourth-order valence-electron chi connectivity index (χ4n) is 9.51. The second-order valence-electron chi connectivity index (χ2n) is 14.8. The first kappa shape index (κ1) is 31.6. The molecule has 1 aliphatic heterocycles. The van der Waals surface area contributed by atoms with E-state index in [0.29, 0.717) is 45.3 Å². The maximum absolute atomic E-state index is 16.2. The molecular formula is C34H44F4O4S. The SMILES string of the molecule is C=CC(F)(C(F)(F)F)[C@]1(O)CCC2C3CC[C@@]4(O)CC5(CCC4=C3[C@@H](c3ccc(SC)cc3)C[C@@]21C)OCC(C)(C)CO5. The molecule has 0 radical (unpaired) electrons. The van der Waals surface area contributed by atoms with Crippen LogP contribution in [0.15, 0.2) is 53.0 Å². The van der Waals surface area contributed by atoms with Gasteiger partial charge in [-0.25, -0.2) is 4.39 Å². The van der Waals surface area contributed by atoms with Crippen LogP contribution in [0.1, 0.15) is 83.6 Å². The van der Waals surface area contributed by atoms with Crippen molar-refractivity contribution < 1.29 is 37.2 Å². The first-order valence-electron chi connectivity index (χ1n) is 15.5. The second kappa shape index (κ2) is 10.1. The molecule has 1 aromatic carbocycles. The van der Waals surface area contributed by atoms with E-state index in [1.54, 1.807) is 18.7 Å². The summed E-state index contributed by atoms with van der Waals surface area (Å²) in [6.45, 7) is 10.1. The molecule has 4 aliphatic carbocycles. The van der Waals surface area contributed by atoms with Crippen molar-refractivity contribution in [1.82, 2.24) is 0 Å². The summed E-state index contributed by atoms with van der Waals surface area (Å²) in [6, 6.07) is 7.97. The molecule has 7 atom stereocenters. The number of aliphatic hydroxyl groups is 2. The Morgan fingerprint density at radius 1 is 0.977 bits per heavy atom. The lowest BCUT2D eigenvalue weighted by Gasteiger charge is -2.59. The maximum atomic E-state index is 16.2. The fourth-order valence-corrected chi connectivity index (χ4v) is 9.92. The van der Waals surface area contributed by atoms with Crippen molar-refractivity contribution >= 4 is 11.8 Å². The smallest absolute Gasteiger partial charge is 0.385 e. The Balaban J connectivity index is 1.46. The lowest BCUT2D eigenvalue weighted by molar-refractivity contribution is -0.322. The van der Waals surface area contributed by atoms with Gasteiger partial charge in [0.2, 0.25) is 0 Å². The first-order valence-corrected chi connectivity index (χ1v) is 16.7. The lowest BCUT2D eigenvalue weighted by Crippen LogP contribution is -2.66. The highest BCUT2D eigenvalue weighted by atomic mass is 32.2. The van der Waals surface area contributed by atoms with Gasteiger partial charge in [0.1, 0.15) is 5.60 Å². The number of hydrogen-bond donors (Lipinski definition) is 2. The van der Waals surface area contributed by atoms with Crippen LogP contribution >= 0.6 is 11.8 Å². The van der Waals surface area contributed by atoms with Crippen LogP contribution in [0.25, 0.3) is 0 Å². The van der Waals surface area contributed by atoms with Gasteiger partial charge in [0.05, 0.1) is 18.8 Å². The van der Waals surface area contributed by atoms with Gasteiger partial charge in [-0.1, -0.05) is 45.1 Å². The Kier molecular flexibility index (Phi) is 7.38. The first-order chi connectivity index (χ1) is 20.0. The van der Waals surface area contributed by atoms with Gasteiger partial charge in [-0.2, -0.15) is 13.2 Å². The van der Waals surface area contributed by atoms with Gasteiger partial charge in [0.25, 0.3) is 5.67 Å². The van der Waals surface area contributed by atoms with Crippen LogP contribution in [0.4, 0.5) is 17.6 Å². The Morgan fingerprint density at radius 3 is 2.21 bits per heavy atom. The molecule has 6 rings (SSSR count). The Morgan fingerprint density at radius 2 is 1.63 bits per heavy atom. The molecule has 0 amide bonds. The molecule has 4 fully saturated rings. The number of fused-ring (bicyclic) bond motifs is 4. The predicted octanol–water partition coefficient (Wildman–Crippen LogP) is 7.89. The van der Waals surface area contributed by atoms with E-state index in [-0.39, 0.29) is 48.5 Å². The van der Waals surface area contributed by atoms with Crippen LogP contribution in [0.2, 0.25) is 0 Å². The van der Waals surface area contributed by atoms with E-state index in [1.165, 1.54) is 0 Å². The molecule has 1 spiro atoms. The van der Waals surface area contributed by atoms with Crippen LogP contribution in [0.5, 0.6) is 0 Å². The summed E-state index contributed by atoms with van der Waals surface area (Å²) in [5.41, 5.74) is -6.36. The molecule has 0 aromatic heterocycles. The molecule has 1 saturated heterocycles. The number of alkyl halides is 4. The van der Waals surface area contributed by atoms with Crippen molar-refractivity contribution in [2.45, 2.75) is 112 Å². The average Bonchev–Trinajstić information content (AvgIpc) is 3.24. The molecule has 0 bridgehead atoms. The quantitative estimate of drug-likeness (QED) is 0.203. The number of allylic oxidation sites excluding steroid dienone is 1. The molecule has 2 N–H and O–H groups in total. The van der Waals surface area contributed by atoms with E-state index < -0.39 is 34.2 Å². The Hall–Kier alpha value is -1.39. The van der Waals surface area contributed by atoms with Crippen molar-refractivity contribution in [3.8, 4) is 0 Å². The molecule has 4 nitrogen and oxygen atoms in total. The van der Waals surface area contributed by atoms with Crippen LogP contribution in [0.3, 0.4) is 0 Å². The summed E-state index contributed by atoms with van der Waals surface area (Å²) in [5, 5.41) is 24.3. The van der Waals surface area contributed by atoms with Gasteiger partial charge in [0.15, 0.2) is 5.79 Å². The molecular weight excluding hydrogens is 580 g/mol. The number of ether oxygens (including phenoxy) is 2. The van der Waals surface area contributed by atoms with Gasteiger partial charge >= 0.3 is 6.18 Å². The predicted molar refractivity (Wildman–Crippen MR) is 158 cm³/mol. The summed E-state index contributed by atoms with van der Waals surface area (Å²) in [6.07, 6.45) is -0.573. The highest BCUT2D eigenvalue weighted by Crippen LogP contribution is 2.71. The van der Waals surface area contributed by atoms with E-state index in [2.05, 4.69) is 20.4 Å². The third-order valence-electron chi connectivity index (χ3n) is 11.8. The molecule has 3 saturated carbocycles. The maximum Gasteiger partial charge on any atom is 0.429 e. The zero-order chi connectivity index (χ0) is 31.3. The Labute approximate surface area is 256 Å². The van der Waals surface area contributed by atoms with Crippen molar-refractivity contribution in [2.24, 2.45) is 22.7 Å².